The molecule has 0 saturated carbocycles. The molecule has 2 N–H and O–H groups in total. The molecule has 3 aromatic carbocycles. The predicted octanol–water partition coefficient (Wildman–Crippen LogP) is 4.21. The zero-order valence-corrected chi connectivity index (χ0v) is 19.1. The van der Waals surface area contributed by atoms with Gasteiger partial charge in [0.05, 0.1) is 17.2 Å². The lowest BCUT2D eigenvalue weighted by molar-refractivity contribution is -0.140. The van der Waals surface area contributed by atoms with E-state index in [1.54, 1.807) is 24.3 Å². The number of hydrogen-bond acceptors (Lipinski definition) is 5. The summed E-state index contributed by atoms with van der Waals surface area (Å²) in [5.74, 6) is -3.61. The largest absolute Gasteiger partial charge is 0.507 e. The summed E-state index contributed by atoms with van der Waals surface area (Å²) in [6, 6.07) is 17.4. The van der Waals surface area contributed by atoms with Gasteiger partial charge in [-0.2, -0.15) is 0 Å². The fourth-order valence-electron chi connectivity index (χ4n) is 4.06. The van der Waals surface area contributed by atoms with Crippen LogP contribution < -0.4 is 4.90 Å². The average molecular weight is 474 g/mol. The highest BCUT2D eigenvalue weighted by molar-refractivity contribution is 6.46. The quantitative estimate of drug-likeness (QED) is 0.316. The number of rotatable bonds is 6. The van der Waals surface area contributed by atoms with Crippen molar-refractivity contribution < 1.29 is 29.0 Å². The van der Waals surface area contributed by atoms with E-state index < -0.39 is 35.3 Å². The zero-order valence-electron chi connectivity index (χ0n) is 19.1. The summed E-state index contributed by atoms with van der Waals surface area (Å²) in [7, 11) is 3.77. The van der Waals surface area contributed by atoms with Crippen molar-refractivity contribution in [3.63, 3.8) is 0 Å². The molecule has 1 aliphatic rings. The Bertz CT molecular complexity index is 1310. The monoisotopic (exact) mass is 474 g/mol. The number of aliphatic hydroxyl groups excluding tert-OH is 1. The molecular weight excluding hydrogens is 451 g/mol. The van der Waals surface area contributed by atoms with Crippen molar-refractivity contribution in [2.24, 2.45) is 0 Å². The Morgan fingerprint density at radius 3 is 2.00 bits per heavy atom. The first-order valence-electron chi connectivity index (χ1n) is 10.8. The number of carbonyl (C=O) groups excluding carboxylic acids is 2. The molecule has 1 heterocycles. The molecule has 1 amide bonds. The summed E-state index contributed by atoms with van der Waals surface area (Å²) < 4.78 is 13.4. The van der Waals surface area contributed by atoms with E-state index in [-0.39, 0.29) is 23.2 Å². The summed E-state index contributed by atoms with van der Waals surface area (Å²) >= 11 is 0. The van der Waals surface area contributed by atoms with Crippen molar-refractivity contribution in [3.05, 3.63) is 106 Å². The van der Waals surface area contributed by atoms with E-state index in [4.69, 9.17) is 5.11 Å². The van der Waals surface area contributed by atoms with Gasteiger partial charge in [-0.1, -0.05) is 24.3 Å². The van der Waals surface area contributed by atoms with Crippen LogP contribution in [0.5, 0.6) is 0 Å². The summed E-state index contributed by atoms with van der Waals surface area (Å²) in [4.78, 5) is 40.7. The minimum Gasteiger partial charge on any atom is -0.507 e. The number of halogens is 1. The van der Waals surface area contributed by atoms with Crippen LogP contribution in [0.25, 0.3) is 5.76 Å². The molecule has 0 radical (unpaired) electrons. The van der Waals surface area contributed by atoms with Gasteiger partial charge in [-0.05, 0) is 59.7 Å². The normalized spacial score (nSPS) is 17.0. The molecule has 4 rings (SSSR count). The van der Waals surface area contributed by atoms with Crippen LogP contribution in [-0.4, -0.2) is 46.9 Å². The molecular formula is C27H23FN2O5. The number of benzene rings is 3. The summed E-state index contributed by atoms with van der Waals surface area (Å²) in [5, 5.41) is 20.2. The Morgan fingerprint density at radius 2 is 1.46 bits per heavy atom. The third-order valence-electron chi connectivity index (χ3n) is 5.94. The van der Waals surface area contributed by atoms with Gasteiger partial charge < -0.3 is 20.0 Å². The topological polar surface area (TPSA) is 98.2 Å². The van der Waals surface area contributed by atoms with Gasteiger partial charge in [-0.25, -0.2) is 9.18 Å². The van der Waals surface area contributed by atoms with Gasteiger partial charge in [-0.15, -0.1) is 0 Å². The molecule has 0 aromatic heterocycles. The first kappa shape index (κ1) is 23.7. The first-order valence-corrected chi connectivity index (χ1v) is 10.8. The molecule has 1 unspecified atom stereocenters. The molecule has 0 aliphatic carbocycles. The second-order valence-electron chi connectivity index (χ2n) is 8.42. The Labute approximate surface area is 201 Å². The fourth-order valence-corrected chi connectivity index (χ4v) is 4.06. The first-order chi connectivity index (χ1) is 16.7. The molecule has 0 bridgehead atoms. The van der Waals surface area contributed by atoms with Crippen molar-refractivity contribution in [3.8, 4) is 0 Å². The van der Waals surface area contributed by atoms with Crippen LogP contribution in [0.4, 0.5) is 10.1 Å². The number of ketones is 1. The zero-order chi connectivity index (χ0) is 25.3. The molecule has 3 aromatic rings. The van der Waals surface area contributed by atoms with Gasteiger partial charge in [0.1, 0.15) is 11.6 Å². The van der Waals surface area contributed by atoms with Crippen molar-refractivity contribution >= 4 is 29.1 Å². The number of carbonyl (C=O) groups is 3. The Hall–Kier alpha value is -4.46. The van der Waals surface area contributed by atoms with Crippen molar-refractivity contribution in [1.29, 1.82) is 0 Å². The number of carboxylic acid groups (broad SMARTS) is 1. The van der Waals surface area contributed by atoms with Crippen molar-refractivity contribution in [1.82, 2.24) is 4.90 Å². The molecule has 1 atom stereocenters. The maximum Gasteiger partial charge on any atom is 0.335 e. The number of aliphatic hydroxyl groups is 1. The predicted molar refractivity (Wildman–Crippen MR) is 128 cm³/mol. The molecule has 1 fully saturated rings. The van der Waals surface area contributed by atoms with Gasteiger partial charge in [-0.3, -0.25) is 9.59 Å². The van der Waals surface area contributed by atoms with Crippen LogP contribution in [0.2, 0.25) is 0 Å². The van der Waals surface area contributed by atoms with Crippen molar-refractivity contribution in [2.45, 2.75) is 12.6 Å². The SMILES string of the molecule is CN(C)c1ccc(C2/C(=C(\O)c3ccc(F)cc3)C(=O)C(=O)N2Cc2ccc(C(=O)O)cc2)cc1. The fraction of sp³-hybridized carbons (Fsp3) is 0.148. The van der Waals surface area contributed by atoms with Crippen LogP contribution in [0.1, 0.15) is 33.1 Å². The van der Waals surface area contributed by atoms with Crippen molar-refractivity contribution in [2.75, 3.05) is 19.0 Å². The van der Waals surface area contributed by atoms with E-state index in [1.165, 1.54) is 29.2 Å². The van der Waals surface area contributed by atoms with E-state index in [1.807, 2.05) is 31.1 Å². The molecule has 8 heteroatoms. The Kier molecular flexibility index (Phi) is 6.38. The van der Waals surface area contributed by atoms with E-state index in [0.29, 0.717) is 11.1 Å². The van der Waals surface area contributed by atoms with Gasteiger partial charge in [0.15, 0.2) is 0 Å². The maximum absolute atomic E-state index is 13.4. The number of amides is 1. The van der Waals surface area contributed by atoms with E-state index in [0.717, 1.165) is 17.8 Å². The Balaban J connectivity index is 1.81. The minimum atomic E-state index is -1.07. The van der Waals surface area contributed by atoms with Crippen LogP contribution in [0.15, 0.2) is 78.4 Å². The van der Waals surface area contributed by atoms with Crippen LogP contribution in [-0.2, 0) is 16.1 Å². The van der Waals surface area contributed by atoms with E-state index in [2.05, 4.69) is 0 Å². The number of Topliss-reactive ketones (excluding diaryl/α,β-unsaturated/α-hetero) is 1. The number of likely N-dealkylation sites (tertiary alicyclic amines) is 1. The maximum atomic E-state index is 13.4. The van der Waals surface area contributed by atoms with Gasteiger partial charge in [0.2, 0.25) is 0 Å². The molecule has 35 heavy (non-hydrogen) atoms. The highest BCUT2D eigenvalue weighted by Crippen LogP contribution is 2.40. The number of aromatic carboxylic acids is 1. The van der Waals surface area contributed by atoms with Gasteiger partial charge in [0.25, 0.3) is 11.7 Å². The lowest BCUT2D eigenvalue weighted by atomic mass is 9.95. The summed E-state index contributed by atoms with van der Waals surface area (Å²) in [5.41, 5.74) is 2.36. The summed E-state index contributed by atoms with van der Waals surface area (Å²) in [6.07, 6.45) is 0. The lowest BCUT2D eigenvalue weighted by Crippen LogP contribution is -2.29. The van der Waals surface area contributed by atoms with Crippen LogP contribution in [0, 0.1) is 5.82 Å². The van der Waals surface area contributed by atoms with Gasteiger partial charge in [0, 0.05) is 31.9 Å². The third kappa shape index (κ3) is 4.63. The van der Waals surface area contributed by atoms with Crippen LogP contribution >= 0.6 is 0 Å². The Morgan fingerprint density at radius 1 is 0.886 bits per heavy atom. The smallest absolute Gasteiger partial charge is 0.335 e. The number of hydrogen-bond donors (Lipinski definition) is 2. The molecule has 178 valence electrons. The average Bonchev–Trinajstić information content (AvgIpc) is 3.09. The molecule has 7 nitrogen and oxygen atoms in total. The molecule has 1 aliphatic heterocycles. The van der Waals surface area contributed by atoms with E-state index >= 15 is 0 Å². The number of carboxylic acids is 1. The van der Waals surface area contributed by atoms with Crippen LogP contribution in [0.3, 0.4) is 0 Å². The number of nitrogens with zero attached hydrogens (tertiary/aromatic N) is 2. The molecule has 1 saturated heterocycles. The minimum absolute atomic E-state index is 0.0186. The second-order valence-corrected chi connectivity index (χ2v) is 8.42. The lowest BCUT2D eigenvalue weighted by Gasteiger charge is -2.26. The third-order valence-corrected chi connectivity index (χ3v) is 5.94. The molecule has 0 spiro atoms. The van der Waals surface area contributed by atoms with Gasteiger partial charge >= 0.3 is 5.97 Å². The highest BCUT2D eigenvalue weighted by Gasteiger charge is 2.46. The summed E-state index contributed by atoms with van der Waals surface area (Å²) in [6.45, 7) is 0.0186. The highest BCUT2D eigenvalue weighted by atomic mass is 19.1. The number of anilines is 1. The van der Waals surface area contributed by atoms with E-state index in [9.17, 15) is 23.9 Å². The standard InChI is InChI=1S/C27H23FN2O5/c1-29(2)21-13-9-17(10-14-21)23-22(24(31)18-7-11-20(28)12-8-18)25(32)26(33)30(23)15-16-3-5-19(6-4-16)27(34)35/h3-14,23,31H,15H2,1-2H3,(H,34,35)/b24-22+. The second kappa shape index (κ2) is 9.42.